The van der Waals surface area contributed by atoms with Gasteiger partial charge in [-0.15, -0.1) is 0 Å². The van der Waals surface area contributed by atoms with E-state index in [4.69, 9.17) is 0 Å². The first kappa shape index (κ1) is 29.0. The van der Waals surface area contributed by atoms with Crippen LogP contribution < -0.4 is 10.6 Å². The van der Waals surface area contributed by atoms with Crippen molar-refractivity contribution in [1.82, 2.24) is 10.6 Å². The lowest BCUT2D eigenvalue weighted by Crippen LogP contribution is -2.51. The molecular formula is C24H40N2O4S. The molecule has 6 nitrogen and oxygen atoms in total. The molecule has 176 valence electrons. The summed E-state index contributed by atoms with van der Waals surface area (Å²) in [6, 6.07) is -1.70. The molecule has 0 saturated heterocycles. The third-order valence-electron chi connectivity index (χ3n) is 4.67. The van der Waals surface area contributed by atoms with Crippen molar-refractivity contribution in [3.8, 4) is 0 Å². The fourth-order valence-corrected chi connectivity index (χ4v) is 3.77. The van der Waals surface area contributed by atoms with E-state index in [1.165, 1.54) is 35.4 Å². The summed E-state index contributed by atoms with van der Waals surface area (Å²) in [7, 11) is 0. The highest BCUT2D eigenvalue weighted by Crippen LogP contribution is 2.13. The zero-order valence-electron chi connectivity index (χ0n) is 19.9. The Labute approximate surface area is 192 Å². The molecule has 0 fully saturated rings. The van der Waals surface area contributed by atoms with Gasteiger partial charge in [-0.2, -0.15) is 11.8 Å². The van der Waals surface area contributed by atoms with E-state index in [0.29, 0.717) is 12.2 Å². The SMILES string of the molecule is CC[C@@H](NC(C)=O)C(=O)N[C@@H](CSCC=C(C)CCC=C(C)CCC=C(C)C)C(=O)O. The van der Waals surface area contributed by atoms with Gasteiger partial charge in [0.15, 0.2) is 0 Å². The summed E-state index contributed by atoms with van der Waals surface area (Å²) in [5, 5.41) is 14.4. The molecule has 0 rings (SSSR count). The molecular weight excluding hydrogens is 412 g/mol. The highest BCUT2D eigenvalue weighted by molar-refractivity contribution is 7.99. The van der Waals surface area contributed by atoms with Crippen LogP contribution in [0.4, 0.5) is 0 Å². The predicted octanol–water partition coefficient (Wildman–Crippen LogP) is 4.62. The summed E-state index contributed by atoms with van der Waals surface area (Å²) < 4.78 is 0. The number of carboxylic acid groups (broad SMARTS) is 1. The van der Waals surface area contributed by atoms with Crippen LogP contribution in [0, 0.1) is 0 Å². The number of thioether (sulfide) groups is 1. The van der Waals surface area contributed by atoms with Crippen LogP contribution in [0.15, 0.2) is 34.9 Å². The lowest BCUT2D eigenvalue weighted by Gasteiger charge is -2.19. The zero-order chi connectivity index (χ0) is 23.8. The van der Waals surface area contributed by atoms with E-state index >= 15 is 0 Å². The molecule has 0 saturated carbocycles. The maximum atomic E-state index is 12.2. The van der Waals surface area contributed by atoms with Crippen molar-refractivity contribution in [2.24, 2.45) is 0 Å². The molecule has 0 heterocycles. The van der Waals surface area contributed by atoms with Gasteiger partial charge in [0.25, 0.3) is 0 Å². The van der Waals surface area contributed by atoms with Gasteiger partial charge < -0.3 is 15.7 Å². The molecule has 0 unspecified atom stereocenters. The molecule has 0 spiro atoms. The van der Waals surface area contributed by atoms with Gasteiger partial charge in [-0.25, -0.2) is 4.79 Å². The van der Waals surface area contributed by atoms with Gasteiger partial charge >= 0.3 is 5.97 Å². The summed E-state index contributed by atoms with van der Waals surface area (Å²) in [4.78, 5) is 34.9. The van der Waals surface area contributed by atoms with Gasteiger partial charge in [-0.1, -0.05) is 41.9 Å². The van der Waals surface area contributed by atoms with Crippen molar-refractivity contribution in [3.63, 3.8) is 0 Å². The number of rotatable bonds is 15. The van der Waals surface area contributed by atoms with Crippen LogP contribution in [0.2, 0.25) is 0 Å². The first-order valence-electron chi connectivity index (χ1n) is 10.9. The molecule has 3 N–H and O–H groups in total. The fraction of sp³-hybridized carbons (Fsp3) is 0.625. The number of hydrogen-bond acceptors (Lipinski definition) is 4. The molecule has 0 aromatic carbocycles. The second-order valence-electron chi connectivity index (χ2n) is 8.06. The summed E-state index contributed by atoms with van der Waals surface area (Å²) in [5.41, 5.74) is 4.03. The van der Waals surface area contributed by atoms with Crippen LogP contribution >= 0.6 is 11.8 Å². The van der Waals surface area contributed by atoms with Crippen LogP contribution in [-0.2, 0) is 14.4 Å². The van der Waals surface area contributed by atoms with E-state index in [-0.39, 0.29) is 11.7 Å². The average molecular weight is 453 g/mol. The minimum Gasteiger partial charge on any atom is -0.480 e. The standard InChI is InChI=1S/C24H40N2O4S/c1-7-21(25-20(6)27)23(28)26-22(24(29)30)16-31-15-14-19(5)13-9-12-18(4)11-8-10-17(2)3/h10,12,14,21-22H,7-9,11,13,15-16H2,1-6H3,(H,25,27)(H,26,28)(H,29,30)/t21-,22+/m1/s1. The maximum absolute atomic E-state index is 12.2. The second-order valence-corrected chi connectivity index (χ2v) is 9.13. The van der Waals surface area contributed by atoms with Gasteiger partial charge in [0, 0.05) is 18.4 Å². The van der Waals surface area contributed by atoms with Gasteiger partial charge in [-0.05, 0) is 59.8 Å². The Balaban J connectivity index is 4.40. The lowest BCUT2D eigenvalue weighted by atomic mass is 10.1. The summed E-state index contributed by atoms with van der Waals surface area (Å²) in [6.45, 7) is 11.6. The van der Waals surface area contributed by atoms with E-state index in [2.05, 4.69) is 56.6 Å². The highest BCUT2D eigenvalue weighted by Gasteiger charge is 2.24. The summed E-state index contributed by atoms with van der Waals surface area (Å²) in [6.07, 6.45) is 11.2. The van der Waals surface area contributed by atoms with Gasteiger partial charge in [0.1, 0.15) is 12.1 Å². The van der Waals surface area contributed by atoms with Crippen LogP contribution in [0.5, 0.6) is 0 Å². The number of amides is 2. The number of hydrogen-bond donors (Lipinski definition) is 3. The van der Waals surface area contributed by atoms with Crippen molar-refractivity contribution >= 4 is 29.5 Å². The van der Waals surface area contributed by atoms with Crippen molar-refractivity contribution in [2.75, 3.05) is 11.5 Å². The largest absolute Gasteiger partial charge is 0.480 e. The van der Waals surface area contributed by atoms with Crippen LogP contribution in [-0.4, -0.2) is 46.5 Å². The first-order valence-corrected chi connectivity index (χ1v) is 12.0. The Hall–Kier alpha value is -2.02. The van der Waals surface area contributed by atoms with E-state index in [9.17, 15) is 19.5 Å². The van der Waals surface area contributed by atoms with Crippen molar-refractivity contribution < 1.29 is 19.5 Å². The number of allylic oxidation sites excluding steroid dienone is 5. The molecule has 0 aliphatic carbocycles. The molecule has 0 aromatic heterocycles. The molecule has 2 amide bonds. The van der Waals surface area contributed by atoms with E-state index in [0.717, 1.165) is 25.7 Å². The molecule has 0 aliphatic heterocycles. The Morgan fingerprint density at radius 3 is 1.97 bits per heavy atom. The van der Waals surface area contributed by atoms with Gasteiger partial charge in [0.2, 0.25) is 11.8 Å². The minimum absolute atomic E-state index is 0.269. The minimum atomic E-state index is -1.08. The molecule has 0 radical (unpaired) electrons. The monoisotopic (exact) mass is 452 g/mol. The second kappa shape index (κ2) is 16.6. The third-order valence-corrected chi connectivity index (χ3v) is 5.65. The fourth-order valence-electron chi connectivity index (χ4n) is 2.77. The smallest absolute Gasteiger partial charge is 0.327 e. The van der Waals surface area contributed by atoms with E-state index < -0.39 is 24.0 Å². The predicted molar refractivity (Wildman–Crippen MR) is 130 cm³/mol. The first-order chi connectivity index (χ1) is 14.6. The number of carbonyl (C=O) groups excluding carboxylic acids is 2. The Morgan fingerprint density at radius 1 is 0.871 bits per heavy atom. The average Bonchev–Trinajstić information content (AvgIpc) is 2.67. The maximum Gasteiger partial charge on any atom is 0.327 e. The van der Waals surface area contributed by atoms with Gasteiger partial charge in [0.05, 0.1) is 0 Å². The van der Waals surface area contributed by atoms with Crippen LogP contribution in [0.25, 0.3) is 0 Å². The molecule has 0 aliphatic rings. The Bertz CT molecular complexity index is 679. The van der Waals surface area contributed by atoms with E-state index in [1.807, 2.05) is 0 Å². The molecule has 2 atom stereocenters. The molecule has 7 heteroatoms. The highest BCUT2D eigenvalue weighted by atomic mass is 32.2. The van der Waals surface area contributed by atoms with Crippen LogP contribution in [0.1, 0.15) is 73.6 Å². The molecule has 0 bridgehead atoms. The molecule has 31 heavy (non-hydrogen) atoms. The topological polar surface area (TPSA) is 95.5 Å². The Morgan fingerprint density at radius 2 is 1.45 bits per heavy atom. The molecule has 0 aromatic rings. The number of nitrogens with one attached hydrogen (secondary N) is 2. The third kappa shape index (κ3) is 15.4. The zero-order valence-corrected chi connectivity index (χ0v) is 20.7. The normalized spacial score (nSPS) is 13.9. The number of carboxylic acids is 1. The summed E-state index contributed by atoms with van der Waals surface area (Å²) >= 11 is 1.47. The van der Waals surface area contributed by atoms with Crippen molar-refractivity contribution in [1.29, 1.82) is 0 Å². The van der Waals surface area contributed by atoms with Crippen molar-refractivity contribution in [3.05, 3.63) is 34.9 Å². The Kier molecular flexibility index (Phi) is 15.6. The quantitative estimate of drug-likeness (QED) is 0.249. The number of aliphatic carboxylic acids is 1. The van der Waals surface area contributed by atoms with Crippen LogP contribution in [0.3, 0.4) is 0 Å². The lowest BCUT2D eigenvalue weighted by molar-refractivity contribution is -0.141. The summed E-state index contributed by atoms with van der Waals surface area (Å²) in [5.74, 6) is -0.901. The number of carbonyl (C=O) groups is 3. The van der Waals surface area contributed by atoms with Crippen molar-refractivity contribution in [2.45, 2.75) is 85.7 Å². The van der Waals surface area contributed by atoms with Gasteiger partial charge in [-0.3, -0.25) is 9.59 Å². The van der Waals surface area contributed by atoms with E-state index in [1.54, 1.807) is 6.92 Å².